The van der Waals surface area contributed by atoms with Crippen molar-refractivity contribution in [3.63, 3.8) is 0 Å². The van der Waals surface area contributed by atoms with Crippen molar-refractivity contribution in [2.45, 2.75) is 25.4 Å². The number of alkyl halides is 3. The Kier molecular flexibility index (Phi) is 5.65. The van der Waals surface area contributed by atoms with Gasteiger partial charge in [-0.15, -0.1) is 13.2 Å². The zero-order valence-electron chi connectivity index (χ0n) is 8.48. The van der Waals surface area contributed by atoms with Crippen LogP contribution in [0.4, 0.5) is 13.2 Å². The van der Waals surface area contributed by atoms with Crippen molar-refractivity contribution >= 4 is 8.56 Å². The van der Waals surface area contributed by atoms with E-state index in [0.717, 1.165) is 0 Å². The third kappa shape index (κ3) is 6.36. The van der Waals surface area contributed by atoms with Crippen LogP contribution in [-0.4, -0.2) is 35.7 Å². The number of rotatable bonds is 6. The zero-order chi connectivity index (χ0) is 11.2. The number of ether oxygens (including phenoxy) is 1. The monoisotopic (exact) mass is 232 g/mol. The molecule has 0 rings (SSSR count). The van der Waals surface area contributed by atoms with Gasteiger partial charge in [0.2, 0.25) is 0 Å². The fourth-order valence-electron chi connectivity index (χ4n) is 0.869. The lowest BCUT2D eigenvalue weighted by molar-refractivity contribution is -0.324. The van der Waals surface area contributed by atoms with Crippen LogP contribution in [0.1, 0.15) is 6.42 Å². The SMILES string of the molecule is CO[Si](C)(CCCOC(F)(F)F)OC. The molecule has 0 atom stereocenters. The number of halogens is 3. The summed E-state index contributed by atoms with van der Waals surface area (Å²) in [7, 11) is 0.760. The van der Waals surface area contributed by atoms with E-state index < -0.39 is 14.9 Å². The molecule has 0 saturated carbocycles. The van der Waals surface area contributed by atoms with Gasteiger partial charge < -0.3 is 8.85 Å². The van der Waals surface area contributed by atoms with Crippen molar-refractivity contribution in [2.75, 3.05) is 20.8 Å². The molecule has 0 bridgehead atoms. The van der Waals surface area contributed by atoms with E-state index in [1.807, 2.05) is 0 Å². The minimum atomic E-state index is -4.54. The maximum atomic E-state index is 11.6. The summed E-state index contributed by atoms with van der Waals surface area (Å²) in [6.45, 7) is 1.44. The highest BCUT2D eigenvalue weighted by molar-refractivity contribution is 6.65. The second kappa shape index (κ2) is 5.69. The van der Waals surface area contributed by atoms with E-state index in [1.165, 1.54) is 14.2 Å². The summed E-state index contributed by atoms with van der Waals surface area (Å²) in [5.74, 6) is 0. The Balaban J connectivity index is 3.63. The predicted molar refractivity (Wildman–Crippen MR) is 47.1 cm³/mol. The van der Waals surface area contributed by atoms with Crippen molar-refractivity contribution < 1.29 is 26.8 Å². The Hall–Kier alpha value is -0.113. The number of hydrogen-bond acceptors (Lipinski definition) is 3. The standard InChI is InChI=1S/C7H15F3O3Si/c1-11-14(3,12-2)6-4-5-13-7(8,9)10/h4-6H2,1-3H3. The fourth-order valence-corrected chi connectivity index (χ4v) is 2.23. The van der Waals surface area contributed by atoms with Gasteiger partial charge in [-0.3, -0.25) is 4.74 Å². The maximum absolute atomic E-state index is 11.6. The lowest BCUT2D eigenvalue weighted by Crippen LogP contribution is -2.36. The Labute approximate surface area is 82.4 Å². The molecule has 0 spiro atoms. The van der Waals surface area contributed by atoms with Crippen molar-refractivity contribution in [3.05, 3.63) is 0 Å². The van der Waals surface area contributed by atoms with Gasteiger partial charge in [0.05, 0.1) is 6.61 Å². The summed E-state index contributed by atoms with van der Waals surface area (Å²) in [5, 5.41) is 0. The first-order chi connectivity index (χ1) is 6.33. The van der Waals surface area contributed by atoms with Gasteiger partial charge in [0.1, 0.15) is 0 Å². The van der Waals surface area contributed by atoms with E-state index in [4.69, 9.17) is 8.85 Å². The van der Waals surface area contributed by atoms with Gasteiger partial charge in [0.25, 0.3) is 0 Å². The molecule has 0 fully saturated rings. The molecule has 0 aromatic carbocycles. The Morgan fingerprint density at radius 3 is 2.00 bits per heavy atom. The first-order valence-electron chi connectivity index (χ1n) is 4.14. The molecule has 0 aliphatic carbocycles. The molecule has 86 valence electrons. The van der Waals surface area contributed by atoms with Crippen LogP contribution in [0.25, 0.3) is 0 Å². The van der Waals surface area contributed by atoms with E-state index in [9.17, 15) is 13.2 Å². The van der Waals surface area contributed by atoms with Gasteiger partial charge in [-0.05, 0) is 19.0 Å². The van der Waals surface area contributed by atoms with Crippen LogP contribution in [0.5, 0.6) is 0 Å². The molecule has 0 unspecified atom stereocenters. The van der Waals surface area contributed by atoms with Crippen molar-refractivity contribution in [3.8, 4) is 0 Å². The second-order valence-electron chi connectivity index (χ2n) is 2.94. The van der Waals surface area contributed by atoms with Gasteiger partial charge in [-0.1, -0.05) is 0 Å². The normalized spacial score (nSPS) is 13.3. The highest BCUT2D eigenvalue weighted by Crippen LogP contribution is 2.19. The van der Waals surface area contributed by atoms with E-state index >= 15 is 0 Å². The summed E-state index contributed by atoms with van der Waals surface area (Å²) in [4.78, 5) is 0. The highest BCUT2D eigenvalue weighted by atomic mass is 28.4. The van der Waals surface area contributed by atoms with Crippen LogP contribution < -0.4 is 0 Å². The lowest BCUT2D eigenvalue weighted by Gasteiger charge is -2.22. The minimum Gasteiger partial charge on any atom is -0.398 e. The molecule has 3 nitrogen and oxygen atoms in total. The molecule has 0 aliphatic heterocycles. The topological polar surface area (TPSA) is 27.7 Å². The van der Waals surface area contributed by atoms with E-state index in [0.29, 0.717) is 6.04 Å². The predicted octanol–water partition coefficient (Wildman–Crippen LogP) is 2.28. The van der Waals surface area contributed by atoms with Crippen LogP contribution in [0, 0.1) is 0 Å². The van der Waals surface area contributed by atoms with Gasteiger partial charge in [-0.2, -0.15) is 0 Å². The van der Waals surface area contributed by atoms with E-state index in [2.05, 4.69) is 4.74 Å². The molecule has 0 heterocycles. The molecular weight excluding hydrogens is 217 g/mol. The van der Waals surface area contributed by atoms with Crippen molar-refractivity contribution in [2.24, 2.45) is 0 Å². The maximum Gasteiger partial charge on any atom is 0.522 e. The third-order valence-electron chi connectivity index (χ3n) is 1.90. The van der Waals surface area contributed by atoms with Crippen LogP contribution in [0.15, 0.2) is 0 Å². The lowest BCUT2D eigenvalue weighted by atomic mass is 10.5. The van der Waals surface area contributed by atoms with Crippen LogP contribution in [-0.2, 0) is 13.6 Å². The molecule has 0 radical (unpaired) electrons. The molecular formula is C7H15F3O3Si. The van der Waals surface area contributed by atoms with Crippen molar-refractivity contribution in [1.29, 1.82) is 0 Å². The van der Waals surface area contributed by atoms with Gasteiger partial charge in [0, 0.05) is 14.2 Å². The number of hydrogen-bond donors (Lipinski definition) is 0. The Morgan fingerprint density at radius 1 is 1.14 bits per heavy atom. The largest absolute Gasteiger partial charge is 0.522 e. The third-order valence-corrected chi connectivity index (χ3v) is 4.89. The minimum absolute atomic E-state index is 0.282. The molecule has 0 saturated heterocycles. The first kappa shape index (κ1) is 13.9. The Morgan fingerprint density at radius 2 is 1.64 bits per heavy atom. The van der Waals surface area contributed by atoms with E-state index in [-0.39, 0.29) is 13.0 Å². The van der Waals surface area contributed by atoms with E-state index in [1.54, 1.807) is 6.55 Å². The Bertz CT molecular complexity index is 159. The van der Waals surface area contributed by atoms with Gasteiger partial charge in [-0.25, -0.2) is 0 Å². The summed E-state index contributed by atoms with van der Waals surface area (Å²) < 4.78 is 48.5. The summed E-state index contributed by atoms with van der Waals surface area (Å²) in [6, 6.07) is 0.482. The average Bonchev–Trinajstić information content (AvgIpc) is 2.11. The zero-order valence-corrected chi connectivity index (χ0v) is 9.48. The summed E-state index contributed by atoms with van der Waals surface area (Å²) >= 11 is 0. The van der Waals surface area contributed by atoms with Crippen molar-refractivity contribution in [1.82, 2.24) is 0 Å². The highest BCUT2D eigenvalue weighted by Gasteiger charge is 2.31. The van der Waals surface area contributed by atoms with Crippen LogP contribution in [0.2, 0.25) is 12.6 Å². The van der Waals surface area contributed by atoms with Crippen LogP contribution >= 0.6 is 0 Å². The molecule has 0 aromatic rings. The smallest absolute Gasteiger partial charge is 0.398 e. The summed E-state index contributed by atoms with van der Waals surface area (Å²) in [6.07, 6.45) is -4.26. The molecule has 7 heteroatoms. The van der Waals surface area contributed by atoms with Gasteiger partial charge in [0.15, 0.2) is 0 Å². The average molecular weight is 232 g/mol. The molecule has 0 N–H and O–H groups in total. The van der Waals surface area contributed by atoms with Gasteiger partial charge >= 0.3 is 14.9 Å². The quantitative estimate of drug-likeness (QED) is 0.519. The first-order valence-corrected chi connectivity index (χ1v) is 6.66. The molecule has 0 amide bonds. The summed E-state index contributed by atoms with van der Waals surface area (Å²) in [5.41, 5.74) is 0. The molecule has 0 aliphatic rings. The fraction of sp³-hybridized carbons (Fsp3) is 1.00. The van der Waals surface area contributed by atoms with Crippen LogP contribution in [0.3, 0.4) is 0 Å². The molecule has 0 aromatic heterocycles. The second-order valence-corrected chi connectivity index (χ2v) is 6.52. The molecule has 14 heavy (non-hydrogen) atoms.